The van der Waals surface area contributed by atoms with Crippen LogP contribution in [-0.4, -0.2) is 19.0 Å². The zero-order valence-corrected chi connectivity index (χ0v) is 10.1. The quantitative estimate of drug-likeness (QED) is 0.548. The largest absolute Gasteiger partial charge is 0.373 e. The van der Waals surface area contributed by atoms with Crippen LogP contribution in [0.3, 0.4) is 0 Å². The van der Waals surface area contributed by atoms with Crippen molar-refractivity contribution < 1.29 is 9.53 Å². The van der Waals surface area contributed by atoms with Gasteiger partial charge in [-0.2, -0.15) is 0 Å². The Morgan fingerprint density at radius 3 is 2.47 bits per heavy atom. The molecule has 0 saturated heterocycles. The molecule has 0 N–H and O–H groups in total. The molecule has 15 heavy (non-hydrogen) atoms. The van der Waals surface area contributed by atoms with Crippen molar-refractivity contribution in [2.24, 2.45) is 5.92 Å². The average Bonchev–Trinajstić information content (AvgIpc) is 3.03. The molecule has 0 bridgehead atoms. The Morgan fingerprint density at radius 1 is 1.27 bits per heavy atom. The number of ether oxygens (including phenoxy) is 1. The van der Waals surface area contributed by atoms with E-state index in [1.54, 1.807) is 7.11 Å². The Morgan fingerprint density at radius 2 is 1.93 bits per heavy atom. The molecule has 2 heteroatoms. The lowest BCUT2D eigenvalue weighted by molar-refractivity contribution is -0.130. The van der Waals surface area contributed by atoms with Crippen molar-refractivity contribution in [1.82, 2.24) is 0 Å². The van der Waals surface area contributed by atoms with Gasteiger partial charge in [0.25, 0.3) is 0 Å². The summed E-state index contributed by atoms with van der Waals surface area (Å²) in [6, 6.07) is 0. The van der Waals surface area contributed by atoms with Crippen molar-refractivity contribution in [2.45, 2.75) is 64.4 Å². The molecule has 1 aliphatic rings. The van der Waals surface area contributed by atoms with Crippen LogP contribution in [0.5, 0.6) is 0 Å². The fourth-order valence-corrected chi connectivity index (χ4v) is 2.03. The summed E-state index contributed by atoms with van der Waals surface area (Å²) in [4.78, 5) is 11.8. The van der Waals surface area contributed by atoms with Gasteiger partial charge in [-0.3, -0.25) is 4.79 Å². The number of ketones is 1. The molecule has 0 heterocycles. The molecule has 1 aliphatic carbocycles. The lowest BCUT2D eigenvalue weighted by atomic mass is 10.0. The highest BCUT2D eigenvalue weighted by atomic mass is 16.5. The van der Waals surface area contributed by atoms with E-state index in [0.717, 1.165) is 12.8 Å². The van der Waals surface area contributed by atoms with E-state index in [4.69, 9.17) is 4.74 Å². The van der Waals surface area contributed by atoms with Gasteiger partial charge < -0.3 is 4.74 Å². The SMILES string of the molecule is CCCCCCCC(=O)C(OC)C1CC1. The summed E-state index contributed by atoms with van der Waals surface area (Å²) in [5.74, 6) is 0.870. The minimum atomic E-state index is -0.0869. The van der Waals surface area contributed by atoms with Crippen LogP contribution in [0.1, 0.15) is 58.3 Å². The summed E-state index contributed by atoms with van der Waals surface area (Å²) in [5.41, 5.74) is 0. The highest BCUT2D eigenvalue weighted by Gasteiger charge is 2.35. The van der Waals surface area contributed by atoms with Gasteiger partial charge in [-0.1, -0.05) is 32.6 Å². The first kappa shape index (κ1) is 12.7. The van der Waals surface area contributed by atoms with Crippen molar-refractivity contribution in [1.29, 1.82) is 0 Å². The summed E-state index contributed by atoms with van der Waals surface area (Å²) in [5, 5.41) is 0. The molecule has 1 atom stereocenters. The Kier molecular flexibility index (Phi) is 5.92. The third kappa shape index (κ3) is 4.78. The number of rotatable bonds is 9. The van der Waals surface area contributed by atoms with Gasteiger partial charge in [0.15, 0.2) is 5.78 Å². The second kappa shape index (κ2) is 7.00. The molecule has 1 unspecified atom stereocenters. The second-order valence-electron chi connectivity index (χ2n) is 4.62. The average molecular weight is 212 g/mol. The van der Waals surface area contributed by atoms with Crippen molar-refractivity contribution in [3.05, 3.63) is 0 Å². The van der Waals surface area contributed by atoms with Crippen molar-refractivity contribution in [3.8, 4) is 0 Å². The van der Waals surface area contributed by atoms with E-state index >= 15 is 0 Å². The first-order valence-corrected chi connectivity index (χ1v) is 6.35. The number of Topliss-reactive ketones (excluding diaryl/α,β-unsaturated/α-hetero) is 1. The Balaban J connectivity index is 2.06. The monoisotopic (exact) mass is 212 g/mol. The molecule has 0 aromatic carbocycles. The maximum Gasteiger partial charge on any atom is 0.161 e. The molecular weight excluding hydrogens is 188 g/mol. The van der Waals surface area contributed by atoms with Gasteiger partial charge in [0.1, 0.15) is 6.10 Å². The molecule has 0 spiro atoms. The van der Waals surface area contributed by atoms with Crippen molar-refractivity contribution in [2.75, 3.05) is 7.11 Å². The predicted molar refractivity (Wildman–Crippen MR) is 61.9 cm³/mol. The lowest BCUT2D eigenvalue weighted by Gasteiger charge is -2.12. The number of hydrogen-bond acceptors (Lipinski definition) is 2. The van der Waals surface area contributed by atoms with E-state index in [1.807, 2.05) is 0 Å². The maximum atomic E-state index is 11.8. The Labute approximate surface area is 93.4 Å². The van der Waals surface area contributed by atoms with Gasteiger partial charge in [-0.05, 0) is 25.2 Å². The van der Waals surface area contributed by atoms with Crippen molar-refractivity contribution in [3.63, 3.8) is 0 Å². The number of unbranched alkanes of at least 4 members (excludes halogenated alkanes) is 4. The zero-order valence-electron chi connectivity index (χ0n) is 10.1. The molecule has 0 aromatic heterocycles. The molecule has 1 fully saturated rings. The third-order valence-corrected chi connectivity index (χ3v) is 3.15. The van der Waals surface area contributed by atoms with Crippen LogP contribution in [0.4, 0.5) is 0 Å². The fraction of sp³-hybridized carbons (Fsp3) is 0.923. The molecule has 1 saturated carbocycles. The van der Waals surface area contributed by atoms with Crippen LogP contribution >= 0.6 is 0 Å². The zero-order chi connectivity index (χ0) is 11.1. The molecule has 1 rings (SSSR count). The summed E-state index contributed by atoms with van der Waals surface area (Å²) in [6.45, 7) is 2.21. The highest BCUT2D eigenvalue weighted by Crippen LogP contribution is 2.35. The number of carbonyl (C=O) groups is 1. The number of methoxy groups -OCH3 is 1. The number of hydrogen-bond donors (Lipinski definition) is 0. The summed E-state index contributed by atoms with van der Waals surface area (Å²) in [6.07, 6.45) is 9.06. The number of carbonyl (C=O) groups excluding carboxylic acids is 1. The van der Waals surface area contributed by atoms with E-state index in [-0.39, 0.29) is 6.10 Å². The molecule has 0 aromatic rings. The summed E-state index contributed by atoms with van der Waals surface area (Å²) < 4.78 is 5.26. The highest BCUT2D eigenvalue weighted by molar-refractivity contribution is 5.83. The van der Waals surface area contributed by atoms with Crippen LogP contribution < -0.4 is 0 Å². The minimum Gasteiger partial charge on any atom is -0.373 e. The van der Waals surface area contributed by atoms with Crippen LogP contribution in [0, 0.1) is 5.92 Å². The minimum absolute atomic E-state index is 0.0869. The van der Waals surface area contributed by atoms with Gasteiger partial charge in [0.2, 0.25) is 0 Å². The smallest absolute Gasteiger partial charge is 0.161 e. The van der Waals surface area contributed by atoms with E-state index in [0.29, 0.717) is 11.7 Å². The molecule has 0 aliphatic heterocycles. The van der Waals surface area contributed by atoms with Gasteiger partial charge in [-0.15, -0.1) is 0 Å². The Hall–Kier alpha value is -0.370. The van der Waals surface area contributed by atoms with Crippen LogP contribution in [0.15, 0.2) is 0 Å². The normalized spacial score (nSPS) is 17.7. The first-order valence-electron chi connectivity index (χ1n) is 6.35. The van der Waals surface area contributed by atoms with E-state index < -0.39 is 0 Å². The Bertz CT molecular complexity index is 185. The van der Waals surface area contributed by atoms with Crippen LogP contribution in [0.25, 0.3) is 0 Å². The van der Waals surface area contributed by atoms with E-state index in [9.17, 15) is 4.79 Å². The molecule has 88 valence electrons. The fourth-order valence-electron chi connectivity index (χ4n) is 2.03. The molecule has 2 nitrogen and oxygen atoms in total. The van der Waals surface area contributed by atoms with Gasteiger partial charge in [0.05, 0.1) is 0 Å². The van der Waals surface area contributed by atoms with Gasteiger partial charge >= 0.3 is 0 Å². The first-order chi connectivity index (χ1) is 7.29. The maximum absolute atomic E-state index is 11.8. The van der Waals surface area contributed by atoms with E-state index in [2.05, 4.69) is 6.92 Å². The van der Waals surface area contributed by atoms with Crippen LogP contribution in [-0.2, 0) is 9.53 Å². The molecular formula is C13H24O2. The van der Waals surface area contributed by atoms with Gasteiger partial charge in [0, 0.05) is 13.5 Å². The molecule has 0 amide bonds. The third-order valence-electron chi connectivity index (χ3n) is 3.15. The topological polar surface area (TPSA) is 26.3 Å². The lowest BCUT2D eigenvalue weighted by Crippen LogP contribution is -2.24. The van der Waals surface area contributed by atoms with Crippen molar-refractivity contribution >= 4 is 5.78 Å². The van der Waals surface area contributed by atoms with E-state index in [1.165, 1.54) is 38.5 Å². The second-order valence-corrected chi connectivity index (χ2v) is 4.62. The summed E-state index contributed by atoms with van der Waals surface area (Å²) >= 11 is 0. The van der Waals surface area contributed by atoms with Gasteiger partial charge in [-0.25, -0.2) is 0 Å². The molecule has 0 radical (unpaired) electrons. The predicted octanol–water partition coefficient (Wildman–Crippen LogP) is 3.34. The van der Waals surface area contributed by atoms with Crippen LogP contribution in [0.2, 0.25) is 0 Å². The summed E-state index contributed by atoms with van der Waals surface area (Å²) in [7, 11) is 1.66. The standard InChI is InChI=1S/C13H24O2/c1-3-4-5-6-7-8-12(14)13(15-2)11-9-10-11/h11,13H,3-10H2,1-2H3.